The maximum Gasteiger partial charge on any atom is 0.268 e. The Morgan fingerprint density at radius 2 is 1.77 bits per heavy atom. The van der Waals surface area contributed by atoms with E-state index in [0.29, 0.717) is 12.1 Å². The van der Waals surface area contributed by atoms with Crippen LogP contribution in [0.5, 0.6) is 0 Å². The molecule has 1 heterocycles. The van der Waals surface area contributed by atoms with Gasteiger partial charge in [0.15, 0.2) is 5.82 Å². The average molecular weight is 515 g/mol. The summed E-state index contributed by atoms with van der Waals surface area (Å²) in [6.07, 6.45) is 0.533. The molecule has 0 spiro atoms. The normalized spacial score (nSPS) is 11.7. The first-order chi connectivity index (χ1) is 16.9. The summed E-state index contributed by atoms with van der Waals surface area (Å²) in [7, 11) is 0. The van der Waals surface area contributed by atoms with E-state index in [-0.39, 0.29) is 35.6 Å². The van der Waals surface area contributed by atoms with Crippen molar-refractivity contribution in [2.24, 2.45) is 0 Å². The largest absolute Gasteiger partial charge is 0.352 e. The highest BCUT2D eigenvalue weighted by Crippen LogP contribution is 2.32. The van der Waals surface area contributed by atoms with Gasteiger partial charge in [-0.15, -0.1) is 0 Å². The molecule has 0 aliphatic carbocycles. The van der Waals surface area contributed by atoms with Crippen molar-refractivity contribution in [2.75, 3.05) is 10.8 Å². The number of amides is 1. The molecule has 11 heteroatoms. The predicted molar refractivity (Wildman–Crippen MR) is 131 cm³/mol. The first-order valence-corrected chi connectivity index (χ1v) is 12.3. The summed E-state index contributed by atoms with van der Waals surface area (Å²) in [5, 5.41) is 2.68. The number of nitrogens with one attached hydrogen (secondary N) is 1. The van der Waals surface area contributed by atoms with Gasteiger partial charge < -0.3 is 5.32 Å². The molecule has 35 heavy (non-hydrogen) atoms. The highest BCUT2D eigenvalue weighted by atomic mass is 32.2. The Balaban J connectivity index is 1.56. The van der Waals surface area contributed by atoms with Crippen LogP contribution < -0.4 is 9.62 Å². The van der Waals surface area contributed by atoms with E-state index in [4.69, 9.17) is 0 Å². The summed E-state index contributed by atoms with van der Waals surface area (Å²) in [5.41, 5.74) is 2.00. The minimum absolute atomic E-state index is 0.0788. The van der Waals surface area contributed by atoms with Crippen molar-refractivity contribution in [3.8, 4) is 0 Å². The number of aromatic nitrogens is 2. The zero-order valence-corrected chi connectivity index (χ0v) is 19.9. The van der Waals surface area contributed by atoms with Gasteiger partial charge >= 0.3 is 0 Å². The summed E-state index contributed by atoms with van der Waals surface area (Å²) < 4.78 is 59.1. The number of nitrogens with zero attached hydrogens (tertiary/aromatic N) is 3. The van der Waals surface area contributed by atoms with Crippen molar-refractivity contribution < 1.29 is 22.3 Å². The number of rotatable bonds is 9. The minimum Gasteiger partial charge on any atom is -0.352 e. The van der Waals surface area contributed by atoms with Crippen molar-refractivity contribution >= 4 is 40.4 Å². The second-order valence-electron chi connectivity index (χ2n) is 7.48. The molecular weight excluding hydrogens is 494 g/mol. The van der Waals surface area contributed by atoms with Crippen molar-refractivity contribution in [3.05, 3.63) is 107 Å². The van der Waals surface area contributed by atoms with E-state index in [1.165, 1.54) is 18.2 Å². The summed E-state index contributed by atoms with van der Waals surface area (Å²) in [5.74, 6) is -1.72. The number of para-hydroxylation sites is 1. The smallest absolute Gasteiger partial charge is 0.268 e. The van der Waals surface area contributed by atoms with Gasteiger partial charge in [0.1, 0.15) is 17.3 Å². The zero-order chi connectivity index (χ0) is 24.8. The fraction of sp³-hybridized carbons (Fsp3) is 0.125. The third-order valence-electron chi connectivity index (χ3n) is 5.16. The minimum atomic E-state index is -2.55. The molecule has 4 rings (SSSR count). The number of anilines is 2. The number of hydrogen-bond acceptors (Lipinski definition) is 5. The van der Waals surface area contributed by atoms with Gasteiger partial charge in [0.25, 0.3) is 17.2 Å². The molecule has 1 aromatic heterocycles. The average Bonchev–Trinajstić information content (AvgIpc) is 3.28. The van der Waals surface area contributed by atoms with Gasteiger partial charge in [-0.1, -0.05) is 48.5 Å². The monoisotopic (exact) mass is 514 g/mol. The van der Waals surface area contributed by atoms with E-state index in [1.54, 1.807) is 12.1 Å². The van der Waals surface area contributed by atoms with E-state index < -0.39 is 28.8 Å². The van der Waals surface area contributed by atoms with Gasteiger partial charge in [0, 0.05) is 19.0 Å². The molecule has 0 saturated carbocycles. The number of halogens is 2. The van der Waals surface area contributed by atoms with Crippen molar-refractivity contribution in [2.45, 2.75) is 12.8 Å². The van der Waals surface area contributed by atoms with E-state index >= 15 is 0 Å². The summed E-state index contributed by atoms with van der Waals surface area (Å²) >= 11 is -1.64. The van der Waals surface area contributed by atoms with Crippen LogP contribution in [-0.2, 0) is 24.1 Å². The zero-order valence-electron chi connectivity index (χ0n) is 18.2. The quantitative estimate of drug-likeness (QED) is 0.317. The number of benzene rings is 3. The number of carbonyl (C=O) groups is 1. The van der Waals surface area contributed by atoms with Gasteiger partial charge in [-0.05, 0) is 35.7 Å². The molecule has 0 aliphatic rings. The van der Waals surface area contributed by atoms with Gasteiger partial charge in [-0.25, -0.2) is 17.3 Å². The van der Waals surface area contributed by atoms with E-state index in [0.717, 1.165) is 33.7 Å². The maximum absolute atomic E-state index is 13.9. The SMILES string of the molecule is O=C(NCCc1ccc(F)cc1F)c1ccccc1N(c1nsnc1Cc1ccccc1)S(=O)O. The predicted octanol–water partition coefficient (Wildman–Crippen LogP) is 4.65. The van der Waals surface area contributed by atoms with E-state index in [9.17, 15) is 22.3 Å². The molecule has 180 valence electrons. The van der Waals surface area contributed by atoms with Crippen LogP contribution in [-0.4, -0.2) is 30.0 Å². The Morgan fingerprint density at radius 1 is 1.03 bits per heavy atom. The molecule has 0 bridgehead atoms. The maximum atomic E-state index is 13.9. The summed E-state index contributed by atoms with van der Waals surface area (Å²) in [4.78, 5) is 13.0. The fourth-order valence-electron chi connectivity index (χ4n) is 3.50. The highest BCUT2D eigenvalue weighted by molar-refractivity contribution is 7.81. The highest BCUT2D eigenvalue weighted by Gasteiger charge is 2.26. The van der Waals surface area contributed by atoms with Crippen LogP contribution in [0.1, 0.15) is 27.2 Å². The molecule has 1 amide bonds. The van der Waals surface area contributed by atoms with Gasteiger partial charge in [-0.2, -0.15) is 8.75 Å². The molecule has 3 aromatic carbocycles. The molecule has 4 aromatic rings. The standard InChI is InChI=1S/C24H20F2N4O3S2/c25-18-11-10-17(20(26)15-18)12-13-27-24(31)19-8-4-5-9-22(19)30(35(32)33)23-21(28-34-29-23)14-16-6-2-1-3-7-16/h1-11,15H,12-14H2,(H,27,31)(H,32,33). The van der Waals surface area contributed by atoms with Crippen LogP contribution in [0.3, 0.4) is 0 Å². The molecule has 1 atom stereocenters. The molecule has 2 N–H and O–H groups in total. The molecule has 0 saturated heterocycles. The fourth-order valence-corrected chi connectivity index (χ4v) is 4.73. The van der Waals surface area contributed by atoms with Crippen LogP contribution in [0.2, 0.25) is 0 Å². The molecule has 7 nitrogen and oxygen atoms in total. The first-order valence-electron chi connectivity index (χ1n) is 10.5. The van der Waals surface area contributed by atoms with Crippen LogP contribution >= 0.6 is 11.7 Å². The molecule has 1 unspecified atom stereocenters. The van der Waals surface area contributed by atoms with Crippen molar-refractivity contribution in [3.63, 3.8) is 0 Å². The van der Waals surface area contributed by atoms with Crippen molar-refractivity contribution in [1.29, 1.82) is 0 Å². The van der Waals surface area contributed by atoms with Crippen LogP contribution in [0.15, 0.2) is 72.8 Å². The second kappa shape index (κ2) is 11.3. The van der Waals surface area contributed by atoms with E-state index in [1.807, 2.05) is 30.3 Å². The second-order valence-corrected chi connectivity index (χ2v) is 8.84. The molecule has 0 radical (unpaired) electrons. The summed E-state index contributed by atoms with van der Waals surface area (Å²) in [6, 6.07) is 19.1. The molecular formula is C24H20F2N4O3S2. The molecule has 0 aliphatic heterocycles. The topological polar surface area (TPSA) is 95.4 Å². The Labute approximate surface area is 207 Å². The first kappa shape index (κ1) is 24.6. The lowest BCUT2D eigenvalue weighted by Crippen LogP contribution is -2.29. The number of carbonyl (C=O) groups excluding carboxylic acids is 1. The number of hydrogen-bond donors (Lipinski definition) is 2. The Morgan fingerprint density at radius 3 is 2.51 bits per heavy atom. The van der Waals surface area contributed by atoms with Crippen LogP contribution in [0, 0.1) is 11.6 Å². The summed E-state index contributed by atoms with van der Waals surface area (Å²) in [6.45, 7) is 0.0788. The van der Waals surface area contributed by atoms with Gasteiger partial charge in [0.2, 0.25) is 0 Å². The Kier molecular flexibility index (Phi) is 7.91. The Bertz CT molecular complexity index is 1350. The lowest BCUT2D eigenvalue weighted by molar-refractivity contribution is 0.0954. The molecule has 0 fully saturated rings. The van der Waals surface area contributed by atoms with E-state index in [2.05, 4.69) is 14.1 Å². The van der Waals surface area contributed by atoms with Crippen molar-refractivity contribution in [1.82, 2.24) is 14.1 Å². The third kappa shape index (κ3) is 5.94. The third-order valence-corrected chi connectivity index (χ3v) is 6.40. The lowest BCUT2D eigenvalue weighted by atomic mass is 10.1. The van der Waals surface area contributed by atoms with Crippen LogP contribution in [0.4, 0.5) is 20.3 Å². The Hall–Kier alpha value is -3.54. The van der Waals surface area contributed by atoms with Crippen LogP contribution in [0.25, 0.3) is 0 Å². The van der Waals surface area contributed by atoms with Gasteiger partial charge in [0.05, 0.1) is 23.0 Å². The lowest BCUT2D eigenvalue weighted by Gasteiger charge is -2.21. The van der Waals surface area contributed by atoms with Gasteiger partial charge in [-0.3, -0.25) is 9.35 Å².